The monoisotopic (exact) mass is 432 g/mol. The standard InChI is InChI=1S/C22H28N4O3.ClH/c23-18-11-16-7-4-8-17(12-18)21(16)24-19(27)14-26-20(28)9-10-25(22(26)29)13-15-5-2-1-3-6-15;/h1-3,5-6,9-10,16-18,21H,4,7-8,11-14,23H2,(H,24,27);1H. The predicted molar refractivity (Wildman–Crippen MR) is 118 cm³/mol. The number of halogens is 1. The zero-order chi connectivity index (χ0) is 20.4. The van der Waals surface area contributed by atoms with E-state index in [2.05, 4.69) is 5.32 Å². The Kier molecular flexibility index (Phi) is 7.15. The van der Waals surface area contributed by atoms with Crippen LogP contribution < -0.4 is 22.3 Å². The minimum absolute atomic E-state index is 0. The van der Waals surface area contributed by atoms with Gasteiger partial charge in [0.05, 0.1) is 6.54 Å². The first-order chi connectivity index (χ1) is 14.0. The molecule has 2 aliphatic rings. The smallest absolute Gasteiger partial charge is 0.331 e. The third-order valence-corrected chi connectivity index (χ3v) is 6.34. The molecule has 2 aliphatic carbocycles. The molecule has 1 heterocycles. The van der Waals surface area contributed by atoms with Crippen LogP contribution in [0.25, 0.3) is 0 Å². The van der Waals surface area contributed by atoms with Gasteiger partial charge in [0.1, 0.15) is 6.54 Å². The van der Waals surface area contributed by atoms with Gasteiger partial charge in [0.25, 0.3) is 5.56 Å². The highest BCUT2D eigenvalue weighted by molar-refractivity contribution is 5.85. The number of hydrogen-bond donors (Lipinski definition) is 2. The van der Waals surface area contributed by atoms with Crippen LogP contribution in [0.4, 0.5) is 0 Å². The number of carbonyl (C=O) groups is 1. The molecule has 2 fully saturated rings. The third kappa shape index (κ3) is 4.84. The van der Waals surface area contributed by atoms with Gasteiger partial charge in [-0.05, 0) is 43.1 Å². The molecule has 162 valence electrons. The topological polar surface area (TPSA) is 99.1 Å². The molecule has 8 heteroatoms. The van der Waals surface area contributed by atoms with Gasteiger partial charge in [-0.15, -0.1) is 12.4 Å². The van der Waals surface area contributed by atoms with Crippen molar-refractivity contribution in [1.82, 2.24) is 14.5 Å². The zero-order valence-corrected chi connectivity index (χ0v) is 17.7. The summed E-state index contributed by atoms with van der Waals surface area (Å²) in [6, 6.07) is 11.2. The fourth-order valence-corrected chi connectivity index (χ4v) is 5.00. The summed E-state index contributed by atoms with van der Waals surface area (Å²) in [7, 11) is 0. The third-order valence-electron chi connectivity index (χ3n) is 6.34. The van der Waals surface area contributed by atoms with Gasteiger partial charge in [0, 0.05) is 24.3 Å². The van der Waals surface area contributed by atoms with Crippen LogP contribution in [-0.4, -0.2) is 27.1 Å². The molecule has 0 aliphatic heterocycles. The number of hydrogen-bond acceptors (Lipinski definition) is 4. The Balaban J connectivity index is 0.00000256. The van der Waals surface area contributed by atoms with Crippen molar-refractivity contribution in [3.8, 4) is 0 Å². The number of nitrogens with two attached hydrogens (primary N) is 1. The molecule has 3 N–H and O–H groups in total. The summed E-state index contributed by atoms with van der Waals surface area (Å²) < 4.78 is 2.47. The van der Waals surface area contributed by atoms with Crippen LogP contribution in [0.5, 0.6) is 0 Å². The zero-order valence-electron chi connectivity index (χ0n) is 16.9. The lowest BCUT2D eigenvalue weighted by molar-refractivity contribution is -0.124. The highest BCUT2D eigenvalue weighted by Crippen LogP contribution is 2.39. The van der Waals surface area contributed by atoms with E-state index >= 15 is 0 Å². The van der Waals surface area contributed by atoms with Gasteiger partial charge in [-0.2, -0.15) is 0 Å². The van der Waals surface area contributed by atoms with E-state index in [-0.39, 0.29) is 36.9 Å². The number of benzene rings is 1. The molecule has 7 nitrogen and oxygen atoms in total. The Morgan fingerprint density at radius 1 is 1.07 bits per heavy atom. The molecule has 2 aromatic rings. The first-order valence-corrected chi connectivity index (χ1v) is 10.4. The second kappa shape index (κ2) is 9.62. The van der Waals surface area contributed by atoms with E-state index in [1.807, 2.05) is 30.3 Å². The lowest BCUT2D eigenvalue weighted by atomic mass is 9.67. The Morgan fingerprint density at radius 3 is 2.40 bits per heavy atom. The molecule has 1 amide bonds. The Hall–Kier alpha value is -2.38. The van der Waals surface area contributed by atoms with Gasteiger partial charge >= 0.3 is 5.69 Å². The molecule has 2 atom stereocenters. The molecule has 0 saturated heterocycles. The molecule has 30 heavy (non-hydrogen) atoms. The van der Waals surface area contributed by atoms with Crippen molar-refractivity contribution in [2.75, 3.05) is 0 Å². The maximum absolute atomic E-state index is 12.8. The lowest BCUT2D eigenvalue weighted by Gasteiger charge is -2.45. The molecular formula is C22H29ClN4O3. The molecule has 0 spiro atoms. The van der Waals surface area contributed by atoms with E-state index in [9.17, 15) is 14.4 Å². The van der Waals surface area contributed by atoms with Gasteiger partial charge in [-0.1, -0.05) is 36.8 Å². The number of nitrogens with one attached hydrogen (secondary N) is 1. The van der Waals surface area contributed by atoms with Crippen LogP contribution in [0, 0.1) is 11.8 Å². The summed E-state index contributed by atoms with van der Waals surface area (Å²) in [5.41, 5.74) is 6.19. The second-order valence-electron chi connectivity index (χ2n) is 8.41. The Bertz CT molecular complexity index is 974. The summed E-state index contributed by atoms with van der Waals surface area (Å²) >= 11 is 0. The minimum Gasteiger partial charge on any atom is -0.351 e. The molecule has 2 unspecified atom stereocenters. The van der Waals surface area contributed by atoms with Gasteiger partial charge < -0.3 is 11.1 Å². The van der Waals surface area contributed by atoms with Gasteiger partial charge in [0.2, 0.25) is 5.91 Å². The average Bonchev–Trinajstić information content (AvgIpc) is 2.69. The average molecular weight is 433 g/mol. The van der Waals surface area contributed by atoms with E-state index in [0.717, 1.165) is 35.8 Å². The summed E-state index contributed by atoms with van der Waals surface area (Å²) in [4.78, 5) is 37.8. The fourth-order valence-electron chi connectivity index (χ4n) is 5.00. The van der Waals surface area contributed by atoms with E-state index in [4.69, 9.17) is 5.73 Å². The quantitative estimate of drug-likeness (QED) is 0.747. The van der Waals surface area contributed by atoms with Crippen molar-refractivity contribution >= 4 is 18.3 Å². The highest BCUT2D eigenvalue weighted by Gasteiger charge is 2.39. The lowest BCUT2D eigenvalue weighted by Crippen LogP contribution is -2.55. The highest BCUT2D eigenvalue weighted by atomic mass is 35.5. The van der Waals surface area contributed by atoms with Crippen molar-refractivity contribution in [2.24, 2.45) is 17.6 Å². The largest absolute Gasteiger partial charge is 0.351 e. The summed E-state index contributed by atoms with van der Waals surface area (Å²) in [5.74, 6) is 0.506. The number of amides is 1. The van der Waals surface area contributed by atoms with Crippen LogP contribution in [-0.2, 0) is 17.9 Å². The first-order valence-electron chi connectivity index (χ1n) is 10.4. The Labute approximate surface area is 181 Å². The maximum atomic E-state index is 12.8. The number of carbonyl (C=O) groups excluding carboxylic acids is 1. The van der Waals surface area contributed by atoms with Crippen LogP contribution >= 0.6 is 12.4 Å². The predicted octanol–water partition coefficient (Wildman–Crippen LogP) is 1.50. The van der Waals surface area contributed by atoms with Gasteiger partial charge in [0.15, 0.2) is 0 Å². The number of rotatable bonds is 5. The number of nitrogens with zero attached hydrogens (tertiary/aromatic N) is 2. The van der Waals surface area contributed by atoms with E-state index in [1.54, 1.807) is 0 Å². The van der Waals surface area contributed by atoms with Crippen LogP contribution in [0.15, 0.2) is 52.2 Å². The normalized spacial score (nSPS) is 25.2. The van der Waals surface area contributed by atoms with E-state index < -0.39 is 11.2 Å². The summed E-state index contributed by atoms with van der Waals surface area (Å²) in [6.07, 6.45) is 6.66. The van der Waals surface area contributed by atoms with Crippen LogP contribution in [0.3, 0.4) is 0 Å². The molecular weight excluding hydrogens is 404 g/mol. The number of aromatic nitrogens is 2. The molecule has 4 rings (SSSR count). The maximum Gasteiger partial charge on any atom is 0.331 e. The van der Waals surface area contributed by atoms with Crippen molar-refractivity contribution in [2.45, 2.75) is 57.3 Å². The van der Waals surface area contributed by atoms with Crippen molar-refractivity contribution < 1.29 is 4.79 Å². The van der Waals surface area contributed by atoms with Crippen molar-refractivity contribution in [3.63, 3.8) is 0 Å². The Morgan fingerprint density at radius 2 is 1.73 bits per heavy atom. The minimum atomic E-state index is -0.470. The molecule has 0 radical (unpaired) electrons. The van der Waals surface area contributed by atoms with Crippen LogP contribution in [0.1, 0.15) is 37.7 Å². The first kappa shape index (κ1) is 22.3. The van der Waals surface area contributed by atoms with Crippen molar-refractivity contribution in [3.05, 3.63) is 69.0 Å². The molecule has 2 saturated carbocycles. The van der Waals surface area contributed by atoms with Gasteiger partial charge in [-0.25, -0.2) is 4.79 Å². The molecule has 1 aromatic heterocycles. The SMILES string of the molecule is Cl.NC1CC2CCCC(C1)C2NC(=O)Cn1c(=O)ccn(Cc2ccccc2)c1=O. The van der Waals surface area contributed by atoms with E-state index in [0.29, 0.717) is 18.4 Å². The fraction of sp³-hybridized carbons (Fsp3) is 0.500. The summed E-state index contributed by atoms with van der Waals surface area (Å²) in [5, 5.41) is 3.11. The number of fused-ring (bicyclic) bond motifs is 2. The summed E-state index contributed by atoms with van der Waals surface area (Å²) in [6.45, 7) is 0.0987. The van der Waals surface area contributed by atoms with Crippen LogP contribution in [0.2, 0.25) is 0 Å². The molecule has 2 bridgehead atoms. The molecule has 1 aromatic carbocycles. The van der Waals surface area contributed by atoms with Crippen molar-refractivity contribution in [1.29, 1.82) is 0 Å². The second-order valence-corrected chi connectivity index (χ2v) is 8.41. The van der Waals surface area contributed by atoms with Gasteiger partial charge in [-0.3, -0.25) is 18.7 Å². The van der Waals surface area contributed by atoms with E-state index in [1.165, 1.54) is 23.3 Å².